The molecule has 3 heteroatoms. The van der Waals surface area contributed by atoms with Gasteiger partial charge in [0.05, 0.1) is 0 Å². The zero-order valence-electron chi connectivity index (χ0n) is 11.2. The molecule has 19 heavy (non-hydrogen) atoms. The molecule has 0 unspecified atom stereocenters. The first kappa shape index (κ1) is 12.3. The fraction of sp³-hybridized carbons (Fsp3) is 0.188. The van der Waals surface area contributed by atoms with Gasteiger partial charge in [-0.25, -0.2) is 4.98 Å². The number of rotatable bonds is 2. The Labute approximate surface area is 116 Å². The Balaban J connectivity index is 2.14. The maximum absolute atomic E-state index is 5.92. The molecule has 0 aliphatic carbocycles. The maximum Gasteiger partial charge on any atom is 0.227 e. The normalized spacial score (nSPS) is 11.1. The van der Waals surface area contributed by atoms with Crippen LogP contribution >= 0.6 is 11.8 Å². The summed E-state index contributed by atoms with van der Waals surface area (Å²) in [6.45, 7) is 4.11. The van der Waals surface area contributed by atoms with Crippen molar-refractivity contribution in [3.05, 3.63) is 47.5 Å². The van der Waals surface area contributed by atoms with Crippen molar-refractivity contribution in [1.29, 1.82) is 0 Å². The van der Waals surface area contributed by atoms with E-state index in [1.807, 2.05) is 6.92 Å². The third-order valence-corrected chi connectivity index (χ3v) is 4.02. The smallest absolute Gasteiger partial charge is 0.227 e. The molecule has 0 aliphatic heterocycles. The molecule has 0 aliphatic rings. The van der Waals surface area contributed by atoms with Crippen LogP contribution in [-0.4, -0.2) is 11.2 Å². The molecule has 96 valence electrons. The molecule has 0 N–H and O–H groups in total. The molecule has 2 aromatic carbocycles. The molecular formula is C16H15NOS. The van der Waals surface area contributed by atoms with Gasteiger partial charge in [-0.3, -0.25) is 0 Å². The Morgan fingerprint density at radius 3 is 2.26 bits per heavy atom. The van der Waals surface area contributed by atoms with E-state index in [-0.39, 0.29) is 0 Å². The van der Waals surface area contributed by atoms with E-state index >= 15 is 0 Å². The summed E-state index contributed by atoms with van der Waals surface area (Å²) in [6, 6.07) is 12.5. The van der Waals surface area contributed by atoms with Crippen LogP contribution in [0.4, 0.5) is 0 Å². The van der Waals surface area contributed by atoms with Crippen LogP contribution in [0.25, 0.3) is 22.6 Å². The predicted octanol–water partition coefficient (Wildman–Crippen LogP) is 4.83. The van der Waals surface area contributed by atoms with Gasteiger partial charge in [0, 0.05) is 10.5 Å². The van der Waals surface area contributed by atoms with E-state index in [9.17, 15) is 0 Å². The molecule has 0 spiro atoms. The van der Waals surface area contributed by atoms with Crippen LogP contribution in [0.3, 0.4) is 0 Å². The minimum Gasteiger partial charge on any atom is -0.436 e. The molecule has 0 radical (unpaired) electrons. The number of hydrogen-bond acceptors (Lipinski definition) is 3. The highest BCUT2D eigenvalue weighted by atomic mass is 32.2. The zero-order valence-corrected chi connectivity index (χ0v) is 12.0. The van der Waals surface area contributed by atoms with Gasteiger partial charge in [-0.05, 0) is 55.5 Å². The summed E-state index contributed by atoms with van der Waals surface area (Å²) in [7, 11) is 0. The van der Waals surface area contributed by atoms with Gasteiger partial charge in [0.25, 0.3) is 0 Å². The Morgan fingerprint density at radius 1 is 0.947 bits per heavy atom. The van der Waals surface area contributed by atoms with Gasteiger partial charge < -0.3 is 4.42 Å². The van der Waals surface area contributed by atoms with Crippen LogP contribution in [0.2, 0.25) is 0 Å². The van der Waals surface area contributed by atoms with Gasteiger partial charge in [-0.15, -0.1) is 11.8 Å². The van der Waals surface area contributed by atoms with Gasteiger partial charge in [0.2, 0.25) is 5.89 Å². The second-order valence-corrected chi connectivity index (χ2v) is 5.50. The Hall–Kier alpha value is -1.74. The summed E-state index contributed by atoms with van der Waals surface area (Å²) in [4.78, 5) is 5.87. The number of oxazole rings is 1. The summed E-state index contributed by atoms with van der Waals surface area (Å²) in [5.74, 6) is 0.694. The summed E-state index contributed by atoms with van der Waals surface area (Å²) in [5.41, 5.74) is 5.15. The number of hydrogen-bond donors (Lipinski definition) is 0. The van der Waals surface area contributed by atoms with Crippen LogP contribution in [0.5, 0.6) is 0 Å². The number of aryl methyl sites for hydroxylation is 2. The molecule has 0 saturated heterocycles. The first-order valence-corrected chi connectivity index (χ1v) is 7.42. The van der Waals surface area contributed by atoms with E-state index in [0.29, 0.717) is 5.89 Å². The lowest BCUT2D eigenvalue weighted by Gasteiger charge is -1.97. The molecule has 0 amide bonds. The van der Waals surface area contributed by atoms with E-state index < -0.39 is 0 Å². The fourth-order valence-corrected chi connectivity index (χ4v) is 2.52. The zero-order chi connectivity index (χ0) is 13.4. The lowest BCUT2D eigenvalue weighted by Crippen LogP contribution is -1.80. The van der Waals surface area contributed by atoms with Crippen LogP contribution < -0.4 is 0 Å². The maximum atomic E-state index is 5.92. The van der Waals surface area contributed by atoms with Crippen LogP contribution in [-0.2, 0) is 0 Å². The molecule has 0 saturated carbocycles. The van der Waals surface area contributed by atoms with Crippen LogP contribution in [0.15, 0.2) is 45.7 Å². The molecule has 0 fully saturated rings. The number of aromatic nitrogens is 1. The van der Waals surface area contributed by atoms with E-state index in [2.05, 4.69) is 54.6 Å². The average Bonchev–Trinajstić information content (AvgIpc) is 2.89. The van der Waals surface area contributed by atoms with Crippen LogP contribution in [0.1, 0.15) is 11.1 Å². The van der Waals surface area contributed by atoms with Gasteiger partial charge in [-0.2, -0.15) is 0 Å². The summed E-state index contributed by atoms with van der Waals surface area (Å²) < 4.78 is 5.92. The molecule has 0 bridgehead atoms. The first-order chi connectivity index (χ1) is 9.19. The number of thioether (sulfide) groups is 1. The molecular weight excluding hydrogens is 254 g/mol. The largest absolute Gasteiger partial charge is 0.436 e. The SMILES string of the molecule is CSc1ccc(-c2nc3c(C)ccc(C)c3o2)cc1. The lowest BCUT2D eigenvalue weighted by atomic mass is 10.1. The highest BCUT2D eigenvalue weighted by Gasteiger charge is 2.11. The number of fused-ring (bicyclic) bond motifs is 1. The van der Waals surface area contributed by atoms with Gasteiger partial charge in [0.1, 0.15) is 5.52 Å². The fourth-order valence-electron chi connectivity index (χ4n) is 2.12. The summed E-state index contributed by atoms with van der Waals surface area (Å²) in [6.07, 6.45) is 2.07. The third-order valence-electron chi connectivity index (χ3n) is 3.28. The molecule has 3 rings (SSSR count). The topological polar surface area (TPSA) is 26.0 Å². The van der Waals surface area contributed by atoms with Crippen molar-refractivity contribution in [2.45, 2.75) is 18.7 Å². The van der Waals surface area contributed by atoms with E-state index in [4.69, 9.17) is 4.42 Å². The average molecular weight is 269 g/mol. The first-order valence-electron chi connectivity index (χ1n) is 6.20. The van der Waals surface area contributed by atoms with E-state index in [1.165, 1.54) is 4.90 Å². The van der Waals surface area contributed by atoms with Gasteiger partial charge in [0.15, 0.2) is 5.58 Å². The minimum absolute atomic E-state index is 0.694. The summed E-state index contributed by atoms with van der Waals surface area (Å²) >= 11 is 1.73. The van der Waals surface area contributed by atoms with E-state index in [1.54, 1.807) is 11.8 Å². The Morgan fingerprint density at radius 2 is 1.63 bits per heavy atom. The third kappa shape index (κ3) is 2.15. The van der Waals surface area contributed by atoms with Crippen molar-refractivity contribution in [3.8, 4) is 11.5 Å². The van der Waals surface area contributed by atoms with Crippen molar-refractivity contribution in [2.75, 3.05) is 6.26 Å². The summed E-state index contributed by atoms with van der Waals surface area (Å²) in [5, 5.41) is 0. The standard InChI is InChI=1S/C16H15NOS/c1-10-4-5-11(2)15-14(10)17-16(18-15)12-6-8-13(19-3)9-7-12/h4-9H,1-3H3. The lowest BCUT2D eigenvalue weighted by molar-refractivity contribution is 0.617. The van der Waals surface area contributed by atoms with Crippen LogP contribution in [0, 0.1) is 13.8 Å². The molecule has 0 atom stereocenters. The minimum atomic E-state index is 0.694. The highest BCUT2D eigenvalue weighted by molar-refractivity contribution is 7.98. The predicted molar refractivity (Wildman–Crippen MR) is 80.7 cm³/mol. The Kier molecular flexibility index (Phi) is 3.07. The van der Waals surface area contributed by atoms with E-state index in [0.717, 1.165) is 27.8 Å². The molecule has 1 aromatic heterocycles. The number of nitrogens with zero attached hydrogens (tertiary/aromatic N) is 1. The van der Waals surface area contributed by atoms with Crippen molar-refractivity contribution >= 4 is 22.9 Å². The second kappa shape index (κ2) is 4.74. The molecule has 3 aromatic rings. The number of benzene rings is 2. The molecule has 2 nitrogen and oxygen atoms in total. The highest BCUT2D eigenvalue weighted by Crippen LogP contribution is 2.29. The van der Waals surface area contributed by atoms with Gasteiger partial charge >= 0.3 is 0 Å². The van der Waals surface area contributed by atoms with Crippen molar-refractivity contribution in [3.63, 3.8) is 0 Å². The monoisotopic (exact) mass is 269 g/mol. The molecule has 1 heterocycles. The van der Waals surface area contributed by atoms with Crippen molar-refractivity contribution in [2.24, 2.45) is 0 Å². The van der Waals surface area contributed by atoms with Crippen molar-refractivity contribution < 1.29 is 4.42 Å². The quantitative estimate of drug-likeness (QED) is 0.623. The second-order valence-electron chi connectivity index (χ2n) is 4.62. The van der Waals surface area contributed by atoms with Crippen molar-refractivity contribution in [1.82, 2.24) is 4.98 Å². The Bertz CT molecular complexity index is 689. The van der Waals surface area contributed by atoms with Gasteiger partial charge in [-0.1, -0.05) is 12.1 Å².